The first-order valence-corrected chi connectivity index (χ1v) is 9.39. The fraction of sp³-hybridized carbons (Fsp3) is 0.667. The molecule has 0 saturated carbocycles. The predicted molar refractivity (Wildman–Crippen MR) is 106 cm³/mol. The number of rotatable bonds is 13. The van der Waals surface area contributed by atoms with Gasteiger partial charge in [0.05, 0.1) is 12.9 Å². The number of imidazole rings is 1. The number of amides is 2. The summed E-state index contributed by atoms with van der Waals surface area (Å²) in [5.41, 5.74) is 0.615. The molecule has 2 amide bonds. The highest BCUT2D eigenvalue weighted by atomic mass is 35.5. The van der Waals surface area contributed by atoms with E-state index in [9.17, 15) is 19.5 Å². The molecule has 10 heteroatoms. The fourth-order valence-electron chi connectivity index (χ4n) is 2.48. The van der Waals surface area contributed by atoms with E-state index >= 15 is 0 Å². The first-order valence-electron chi connectivity index (χ1n) is 9.39. The van der Waals surface area contributed by atoms with Crippen molar-refractivity contribution in [3.63, 3.8) is 0 Å². The molecule has 0 fully saturated rings. The molecule has 1 heterocycles. The van der Waals surface area contributed by atoms with Crippen molar-refractivity contribution in [3.8, 4) is 0 Å². The van der Waals surface area contributed by atoms with Gasteiger partial charge in [0.25, 0.3) is 0 Å². The summed E-state index contributed by atoms with van der Waals surface area (Å²) in [5.74, 6) is -1.56. The van der Waals surface area contributed by atoms with Crippen LogP contribution in [-0.4, -0.2) is 63.7 Å². The maximum absolute atomic E-state index is 12.1. The van der Waals surface area contributed by atoms with E-state index in [1.807, 2.05) is 0 Å². The molecule has 0 aliphatic carbocycles. The molecule has 9 nitrogen and oxygen atoms in total. The average Bonchev–Trinajstić information content (AvgIpc) is 3.14. The third kappa shape index (κ3) is 10.1. The van der Waals surface area contributed by atoms with Crippen molar-refractivity contribution in [2.45, 2.75) is 58.4 Å². The van der Waals surface area contributed by atoms with Gasteiger partial charge in [0.1, 0.15) is 6.04 Å². The van der Waals surface area contributed by atoms with Crippen molar-refractivity contribution in [1.82, 2.24) is 20.2 Å². The summed E-state index contributed by atoms with van der Waals surface area (Å²) in [7, 11) is 0. The van der Waals surface area contributed by atoms with Crippen LogP contribution in [0, 0.1) is 0 Å². The van der Waals surface area contributed by atoms with Crippen LogP contribution in [0.3, 0.4) is 0 Å². The largest absolute Gasteiger partial charge is 0.480 e. The summed E-state index contributed by atoms with van der Waals surface area (Å²) in [4.78, 5) is 43.5. The first-order chi connectivity index (χ1) is 13.0. The molecule has 0 unspecified atom stereocenters. The SMILES string of the molecule is CCCCCCOC(=O)N(CC)CCC(=O)N[C@@H](Cc1cnc[nH]1)C(=O)O.Cl. The van der Waals surface area contributed by atoms with Crippen molar-refractivity contribution in [2.75, 3.05) is 19.7 Å². The van der Waals surface area contributed by atoms with Gasteiger partial charge in [-0.1, -0.05) is 26.2 Å². The molecule has 1 aromatic rings. The summed E-state index contributed by atoms with van der Waals surface area (Å²) in [6.45, 7) is 4.87. The zero-order valence-corrected chi connectivity index (χ0v) is 17.3. The first kappa shape index (κ1) is 25.7. The molecule has 0 aliphatic rings. The molecule has 0 saturated heterocycles. The number of aromatic nitrogens is 2. The maximum atomic E-state index is 12.1. The molecule has 0 aliphatic heterocycles. The number of aromatic amines is 1. The molecule has 1 atom stereocenters. The number of carboxylic acids is 1. The summed E-state index contributed by atoms with van der Waals surface area (Å²) in [5, 5.41) is 11.7. The van der Waals surface area contributed by atoms with E-state index in [0.29, 0.717) is 18.8 Å². The van der Waals surface area contributed by atoms with Crippen LogP contribution in [0.5, 0.6) is 0 Å². The minimum atomic E-state index is -1.13. The number of hydrogen-bond acceptors (Lipinski definition) is 5. The minimum absolute atomic E-state index is 0. The van der Waals surface area contributed by atoms with Crippen LogP contribution < -0.4 is 5.32 Å². The number of nitrogens with one attached hydrogen (secondary N) is 2. The zero-order chi connectivity index (χ0) is 20.1. The van der Waals surface area contributed by atoms with E-state index in [-0.39, 0.29) is 31.8 Å². The molecule has 3 N–H and O–H groups in total. The Balaban J connectivity index is 0.00000729. The lowest BCUT2D eigenvalue weighted by Gasteiger charge is -2.21. The van der Waals surface area contributed by atoms with Crippen molar-refractivity contribution < 1.29 is 24.2 Å². The van der Waals surface area contributed by atoms with Crippen molar-refractivity contribution in [2.24, 2.45) is 0 Å². The smallest absolute Gasteiger partial charge is 0.409 e. The normalized spacial score (nSPS) is 11.2. The van der Waals surface area contributed by atoms with Crippen LogP contribution in [0.2, 0.25) is 0 Å². The molecule has 1 aromatic heterocycles. The Morgan fingerprint density at radius 1 is 1.29 bits per heavy atom. The summed E-state index contributed by atoms with van der Waals surface area (Å²) >= 11 is 0. The number of aliphatic carboxylic acids is 1. The number of H-pyrrole nitrogens is 1. The lowest BCUT2D eigenvalue weighted by molar-refractivity contribution is -0.141. The summed E-state index contributed by atoms with van der Waals surface area (Å²) in [6.07, 6.45) is 6.69. The molecule has 28 heavy (non-hydrogen) atoms. The highest BCUT2D eigenvalue weighted by Gasteiger charge is 2.22. The fourth-order valence-corrected chi connectivity index (χ4v) is 2.48. The average molecular weight is 419 g/mol. The number of nitrogens with zero attached hydrogens (tertiary/aromatic N) is 2. The Labute approximate surface area is 171 Å². The van der Waals surface area contributed by atoms with Gasteiger partial charge in [-0.15, -0.1) is 12.4 Å². The van der Waals surface area contributed by atoms with Gasteiger partial charge in [-0.2, -0.15) is 0 Å². The molecule has 0 spiro atoms. The Morgan fingerprint density at radius 3 is 2.61 bits per heavy atom. The van der Waals surface area contributed by atoms with Crippen molar-refractivity contribution >= 4 is 30.4 Å². The Morgan fingerprint density at radius 2 is 2.04 bits per heavy atom. The van der Waals surface area contributed by atoms with Gasteiger partial charge in [0.2, 0.25) is 5.91 Å². The van der Waals surface area contributed by atoms with Gasteiger partial charge in [-0.3, -0.25) is 4.79 Å². The van der Waals surface area contributed by atoms with Gasteiger partial charge < -0.3 is 25.0 Å². The van der Waals surface area contributed by atoms with Crippen LogP contribution in [0.1, 0.15) is 51.6 Å². The van der Waals surface area contributed by atoms with Gasteiger partial charge in [-0.25, -0.2) is 14.6 Å². The number of unbranched alkanes of at least 4 members (excludes halogenated alkanes) is 3. The van der Waals surface area contributed by atoms with Crippen LogP contribution >= 0.6 is 12.4 Å². The zero-order valence-electron chi connectivity index (χ0n) is 16.5. The number of carbonyl (C=O) groups is 3. The quantitative estimate of drug-likeness (QED) is 0.422. The van der Waals surface area contributed by atoms with E-state index in [4.69, 9.17) is 4.74 Å². The molecule has 1 rings (SSSR count). The van der Waals surface area contributed by atoms with Gasteiger partial charge in [-0.05, 0) is 13.3 Å². The number of halogens is 1. The van der Waals surface area contributed by atoms with Crippen LogP contribution in [0.15, 0.2) is 12.5 Å². The second-order valence-corrected chi connectivity index (χ2v) is 6.24. The predicted octanol–water partition coefficient (Wildman–Crippen LogP) is 2.37. The molecule has 0 aromatic carbocycles. The molecule has 160 valence electrons. The Kier molecular flexibility index (Phi) is 13.5. The standard InChI is InChI=1S/C18H30N4O5.ClH/c1-3-5-6-7-10-27-18(26)22(4-2)9-8-16(23)21-15(17(24)25)11-14-12-19-13-20-14;/h12-13,15H,3-11H2,1-2H3,(H,19,20)(H,21,23)(H,24,25);1H/t15-;/m0./s1. The van der Waals surface area contributed by atoms with Gasteiger partial charge >= 0.3 is 12.1 Å². The number of carbonyl (C=O) groups excluding carboxylic acids is 2. The van der Waals surface area contributed by atoms with Gasteiger partial charge in [0, 0.05) is 37.8 Å². The topological polar surface area (TPSA) is 125 Å². The highest BCUT2D eigenvalue weighted by Crippen LogP contribution is 2.03. The van der Waals surface area contributed by atoms with Gasteiger partial charge in [0.15, 0.2) is 0 Å². The van der Waals surface area contributed by atoms with Crippen LogP contribution in [-0.2, 0) is 20.7 Å². The molecular weight excluding hydrogens is 388 g/mol. The van der Waals surface area contributed by atoms with Crippen LogP contribution in [0.4, 0.5) is 4.79 Å². The van der Waals surface area contributed by atoms with E-state index in [0.717, 1.165) is 25.7 Å². The Hall–Kier alpha value is -2.29. The monoisotopic (exact) mass is 418 g/mol. The van der Waals surface area contributed by atoms with E-state index < -0.39 is 24.0 Å². The lowest BCUT2D eigenvalue weighted by atomic mass is 10.1. The van der Waals surface area contributed by atoms with E-state index in [1.54, 1.807) is 6.92 Å². The number of carboxylic acid groups (broad SMARTS) is 1. The molecule has 0 bridgehead atoms. The van der Waals surface area contributed by atoms with E-state index in [1.165, 1.54) is 17.4 Å². The third-order valence-corrected chi connectivity index (χ3v) is 4.08. The number of hydrogen-bond donors (Lipinski definition) is 3. The van der Waals surface area contributed by atoms with Crippen molar-refractivity contribution in [1.29, 1.82) is 0 Å². The van der Waals surface area contributed by atoms with Crippen molar-refractivity contribution in [3.05, 3.63) is 18.2 Å². The van der Waals surface area contributed by atoms with E-state index in [2.05, 4.69) is 22.2 Å². The third-order valence-electron chi connectivity index (χ3n) is 4.08. The van der Waals surface area contributed by atoms with Crippen LogP contribution in [0.25, 0.3) is 0 Å². The minimum Gasteiger partial charge on any atom is -0.480 e. The molecule has 0 radical (unpaired) electrons. The maximum Gasteiger partial charge on any atom is 0.409 e. The summed E-state index contributed by atoms with van der Waals surface area (Å²) < 4.78 is 5.21. The summed E-state index contributed by atoms with van der Waals surface area (Å²) in [6, 6.07) is -1.06. The second-order valence-electron chi connectivity index (χ2n) is 6.24. The molecular formula is C18H31ClN4O5. The Bertz CT molecular complexity index is 583. The number of ether oxygens (including phenoxy) is 1. The highest BCUT2D eigenvalue weighted by molar-refractivity contribution is 5.85. The second kappa shape index (κ2) is 14.7. The lowest BCUT2D eigenvalue weighted by Crippen LogP contribution is -2.44.